The fourth-order valence-corrected chi connectivity index (χ4v) is 3.72. The number of benzene rings is 1. The van der Waals surface area contributed by atoms with E-state index in [-0.39, 0.29) is 11.9 Å². The molecule has 8 nitrogen and oxygen atoms in total. The van der Waals surface area contributed by atoms with Crippen molar-refractivity contribution in [3.63, 3.8) is 0 Å². The molecule has 0 radical (unpaired) electrons. The van der Waals surface area contributed by atoms with Gasteiger partial charge in [-0.15, -0.1) is 5.10 Å². The minimum Gasteiger partial charge on any atom is -0.305 e. The molecule has 1 atom stereocenters. The molecule has 2 aliphatic heterocycles. The molecule has 2 aliphatic rings. The Morgan fingerprint density at radius 2 is 1.85 bits per heavy atom. The number of anilines is 1. The lowest BCUT2D eigenvalue weighted by atomic mass is 10.1. The smallest absolute Gasteiger partial charge is 0.305 e. The third-order valence-electron chi connectivity index (χ3n) is 4.83. The Kier molecular flexibility index (Phi) is 4.03. The molecule has 140 valence electrons. The molecule has 0 saturated heterocycles. The summed E-state index contributed by atoms with van der Waals surface area (Å²) >= 11 is 6.00. The van der Waals surface area contributed by atoms with Crippen molar-refractivity contribution in [2.75, 3.05) is 25.5 Å². The first kappa shape index (κ1) is 17.7. The normalized spacial score (nSPS) is 19.3. The van der Waals surface area contributed by atoms with E-state index in [1.165, 1.54) is 11.6 Å². The Hall–Kier alpha value is -2.74. The van der Waals surface area contributed by atoms with Gasteiger partial charge in [-0.3, -0.25) is 4.79 Å². The molecule has 1 unspecified atom stereocenters. The zero-order valence-electron chi connectivity index (χ0n) is 15.5. The highest BCUT2D eigenvalue weighted by atomic mass is 35.5. The highest BCUT2D eigenvalue weighted by molar-refractivity contribution is 6.30. The molecule has 0 fully saturated rings. The molecule has 0 aliphatic carbocycles. The Labute approximate surface area is 161 Å². The van der Waals surface area contributed by atoms with Crippen molar-refractivity contribution in [3.8, 4) is 11.4 Å². The number of urea groups is 1. The number of imide groups is 1. The average molecular weight is 388 g/mol. The van der Waals surface area contributed by atoms with Crippen LogP contribution < -0.4 is 4.90 Å². The van der Waals surface area contributed by atoms with Crippen molar-refractivity contribution >= 4 is 35.3 Å². The van der Waals surface area contributed by atoms with Crippen LogP contribution in [0.3, 0.4) is 0 Å². The maximum atomic E-state index is 13.0. The van der Waals surface area contributed by atoms with Crippen LogP contribution in [0.4, 0.5) is 10.7 Å². The van der Waals surface area contributed by atoms with Crippen LogP contribution in [0.1, 0.15) is 13.8 Å². The van der Waals surface area contributed by atoms with Gasteiger partial charge in [0.05, 0.1) is 14.1 Å². The number of amides is 3. The van der Waals surface area contributed by atoms with E-state index in [0.717, 1.165) is 10.5 Å². The van der Waals surface area contributed by atoms with Gasteiger partial charge in [-0.05, 0) is 30.2 Å². The standard InChI is InChI=1S/C18H20ClN6O2/c1-10(2)9-24-13-15(22(3)18(27)23(4)16(13)26)25-14(20-21-17(24)25)11-5-7-12(19)8-6-11/h5-8,10,13H,9H2,1-4H3/q+1. The number of rotatable bonds is 3. The van der Waals surface area contributed by atoms with Crippen LogP contribution in [0.25, 0.3) is 11.4 Å². The summed E-state index contributed by atoms with van der Waals surface area (Å²) in [4.78, 5) is 28.6. The maximum Gasteiger partial charge on any atom is 0.445 e. The number of fused-ring (bicyclic) bond motifs is 3. The summed E-state index contributed by atoms with van der Waals surface area (Å²) in [5.41, 5.74) is 0.808. The third-order valence-corrected chi connectivity index (χ3v) is 5.09. The second-order valence-electron chi connectivity index (χ2n) is 7.21. The molecule has 0 saturated carbocycles. The van der Waals surface area contributed by atoms with Gasteiger partial charge in [0.1, 0.15) is 0 Å². The van der Waals surface area contributed by atoms with Crippen molar-refractivity contribution in [2.45, 2.75) is 19.9 Å². The third kappa shape index (κ3) is 2.55. The van der Waals surface area contributed by atoms with E-state index < -0.39 is 6.04 Å². The second-order valence-corrected chi connectivity index (χ2v) is 7.65. The van der Waals surface area contributed by atoms with Crippen LogP contribution in [0, 0.1) is 5.92 Å². The van der Waals surface area contributed by atoms with E-state index in [1.54, 1.807) is 23.7 Å². The predicted molar refractivity (Wildman–Crippen MR) is 101 cm³/mol. The quantitative estimate of drug-likeness (QED) is 0.752. The van der Waals surface area contributed by atoms with Gasteiger partial charge in [0.2, 0.25) is 17.7 Å². The van der Waals surface area contributed by atoms with E-state index in [1.807, 2.05) is 17.0 Å². The molecule has 4 rings (SSSR count). The molecule has 0 spiro atoms. The zero-order chi connectivity index (χ0) is 19.5. The number of hydrogen-bond donors (Lipinski definition) is 0. The first-order valence-electron chi connectivity index (χ1n) is 8.71. The SMILES string of the molecule is CC(C)CN1c2nnc(-c3ccc(Cl)cc3)n2C2=[N+](C)C(=O)N(C)C(=O)C21. The molecule has 1 aromatic heterocycles. The van der Waals surface area contributed by atoms with Gasteiger partial charge in [-0.1, -0.05) is 30.5 Å². The van der Waals surface area contributed by atoms with Crippen molar-refractivity contribution in [1.29, 1.82) is 0 Å². The van der Waals surface area contributed by atoms with Crippen LogP contribution in [-0.4, -0.2) is 68.7 Å². The maximum absolute atomic E-state index is 13.0. The fraction of sp³-hybridized carbons (Fsp3) is 0.389. The molecular weight excluding hydrogens is 368 g/mol. The summed E-state index contributed by atoms with van der Waals surface area (Å²) < 4.78 is 3.30. The summed E-state index contributed by atoms with van der Waals surface area (Å²) in [6, 6.07) is 6.26. The fourth-order valence-electron chi connectivity index (χ4n) is 3.59. The van der Waals surface area contributed by atoms with Gasteiger partial charge in [0.25, 0.3) is 5.95 Å². The van der Waals surface area contributed by atoms with E-state index in [9.17, 15) is 9.59 Å². The van der Waals surface area contributed by atoms with Gasteiger partial charge in [0.15, 0.2) is 0 Å². The molecule has 2 aromatic rings. The first-order valence-corrected chi connectivity index (χ1v) is 9.09. The van der Waals surface area contributed by atoms with Crippen LogP contribution in [-0.2, 0) is 4.79 Å². The molecular formula is C18H20ClN6O2+. The van der Waals surface area contributed by atoms with Gasteiger partial charge < -0.3 is 4.90 Å². The van der Waals surface area contributed by atoms with Gasteiger partial charge in [-0.2, -0.15) is 9.47 Å². The minimum atomic E-state index is -0.600. The summed E-state index contributed by atoms with van der Waals surface area (Å²) in [5, 5.41) is 9.30. The highest BCUT2D eigenvalue weighted by Gasteiger charge is 2.55. The van der Waals surface area contributed by atoms with Crippen molar-refractivity contribution in [1.82, 2.24) is 19.7 Å². The number of halogens is 1. The van der Waals surface area contributed by atoms with E-state index in [4.69, 9.17) is 11.6 Å². The predicted octanol–water partition coefficient (Wildman–Crippen LogP) is 1.92. The van der Waals surface area contributed by atoms with E-state index in [0.29, 0.717) is 35.1 Å². The minimum absolute atomic E-state index is 0.263. The van der Waals surface area contributed by atoms with Crippen LogP contribution >= 0.6 is 11.6 Å². The zero-order valence-corrected chi connectivity index (χ0v) is 16.3. The molecule has 0 bridgehead atoms. The lowest BCUT2D eigenvalue weighted by molar-refractivity contribution is -0.407. The molecule has 3 amide bonds. The number of aromatic nitrogens is 3. The molecule has 1 aromatic carbocycles. The topological polar surface area (TPSA) is 74.3 Å². The summed E-state index contributed by atoms with van der Waals surface area (Å²) in [6.45, 7) is 4.77. The molecule has 0 N–H and O–H groups in total. The number of nitrogens with zero attached hydrogens (tertiary/aromatic N) is 6. The van der Waals surface area contributed by atoms with Gasteiger partial charge >= 0.3 is 11.9 Å². The summed E-state index contributed by atoms with van der Waals surface area (Å²) in [7, 11) is 3.17. The lowest BCUT2D eigenvalue weighted by Crippen LogP contribution is -2.60. The van der Waals surface area contributed by atoms with Crippen LogP contribution in [0.2, 0.25) is 5.02 Å². The molecule has 3 heterocycles. The second kappa shape index (κ2) is 6.16. The number of carbonyl (C=O) groups is 2. The van der Waals surface area contributed by atoms with Gasteiger partial charge in [-0.25, -0.2) is 9.37 Å². The Balaban J connectivity index is 1.95. The number of carbonyl (C=O) groups excluding carboxylic acids is 2. The van der Waals surface area contributed by atoms with Crippen molar-refractivity contribution in [2.24, 2.45) is 5.92 Å². The Morgan fingerprint density at radius 1 is 1.19 bits per heavy atom. The average Bonchev–Trinajstić information content (AvgIpc) is 3.18. The monoisotopic (exact) mass is 387 g/mol. The van der Waals surface area contributed by atoms with Crippen LogP contribution in [0.5, 0.6) is 0 Å². The summed E-state index contributed by atoms with van der Waals surface area (Å²) in [6.07, 6.45) is 0. The summed E-state index contributed by atoms with van der Waals surface area (Å²) in [5.74, 6) is 1.74. The lowest BCUT2D eigenvalue weighted by Gasteiger charge is -2.28. The van der Waals surface area contributed by atoms with E-state index in [2.05, 4.69) is 24.0 Å². The highest BCUT2D eigenvalue weighted by Crippen LogP contribution is 2.33. The molecule has 27 heavy (non-hydrogen) atoms. The number of likely N-dealkylation sites (N-methyl/N-ethyl adjacent to an activating group) is 1. The van der Waals surface area contributed by atoms with Crippen molar-refractivity contribution < 1.29 is 14.2 Å². The molecule has 9 heteroatoms. The number of hydrogen-bond acceptors (Lipinski definition) is 5. The first-order chi connectivity index (χ1) is 12.8. The Bertz CT molecular complexity index is 978. The van der Waals surface area contributed by atoms with Crippen molar-refractivity contribution in [3.05, 3.63) is 29.3 Å². The van der Waals surface area contributed by atoms with Crippen LogP contribution in [0.15, 0.2) is 24.3 Å². The van der Waals surface area contributed by atoms with E-state index >= 15 is 0 Å². The van der Waals surface area contributed by atoms with Gasteiger partial charge in [0, 0.05) is 17.1 Å². The Morgan fingerprint density at radius 3 is 2.48 bits per heavy atom. The largest absolute Gasteiger partial charge is 0.445 e.